The molecular weight excluding hydrogens is 479 g/mol. The van der Waals surface area contributed by atoms with Crippen molar-refractivity contribution >= 4 is 41.8 Å². The van der Waals surface area contributed by atoms with Gasteiger partial charge in [-0.1, -0.05) is 42.5 Å². The molecule has 1 aliphatic heterocycles. The second-order valence-corrected chi connectivity index (χ2v) is 7.75. The molecule has 29 heavy (non-hydrogen) atoms. The number of imide groups is 1. The summed E-state index contributed by atoms with van der Waals surface area (Å²) in [5.74, 6) is 1.05. The number of rotatable bonds is 7. The van der Waals surface area contributed by atoms with Crippen molar-refractivity contribution in [3.8, 4) is 0 Å². The van der Waals surface area contributed by atoms with E-state index in [9.17, 15) is 9.59 Å². The van der Waals surface area contributed by atoms with E-state index in [0.717, 1.165) is 25.3 Å². The molecule has 7 heteroatoms. The lowest BCUT2D eigenvalue weighted by atomic mass is 9.85. The van der Waals surface area contributed by atoms with Crippen LogP contribution in [0.15, 0.2) is 47.5 Å². The predicted molar refractivity (Wildman–Crippen MR) is 124 cm³/mol. The fraction of sp³-hybridized carbons (Fsp3) is 0.500. The number of hydrogen-bond acceptors (Lipinski definition) is 3. The molecule has 3 aliphatic rings. The van der Waals surface area contributed by atoms with Crippen LogP contribution in [0.4, 0.5) is 0 Å². The highest BCUT2D eigenvalue weighted by Gasteiger charge is 2.58. The van der Waals surface area contributed by atoms with Crippen molar-refractivity contribution in [2.45, 2.75) is 19.8 Å². The second-order valence-electron chi connectivity index (χ2n) is 7.75. The summed E-state index contributed by atoms with van der Waals surface area (Å²) in [5, 5.41) is 6.48. The zero-order valence-corrected chi connectivity index (χ0v) is 19.0. The lowest BCUT2D eigenvalue weighted by molar-refractivity contribution is -0.140. The molecule has 6 nitrogen and oxygen atoms in total. The number of hydrogen-bond donors (Lipinski definition) is 2. The number of likely N-dealkylation sites (tertiary alicyclic amines) is 1. The minimum Gasteiger partial charge on any atom is -0.357 e. The summed E-state index contributed by atoms with van der Waals surface area (Å²) in [4.78, 5) is 31.5. The molecule has 4 unspecified atom stereocenters. The van der Waals surface area contributed by atoms with Crippen molar-refractivity contribution in [1.29, 1.82) is 0 Å². The number of fused-ring (bicyclic) bond motifs is 5. The average Bonchev–Trinajstić information content (AvgIpc) is 3.38. The van der Waals surface area contributed by atoms with Gasteiger partial charge >= 0.3 is 0 Å². The minimum atomic E-state index is -0.115. The molecule has 156 valence electrons. The molecule has 4 atom stereocenters. The Bertz CT molecular complexity index is 765. The van der Waals surface area contributed by atoms with E-state index >= 15 is 0 Å². The molecule has 0 spiro atoms. The molecular formula is C22H29IN4O2. The van der Waals surface area contributed by atoms with Gasteiger partial charge in [0.1, 0.15) is 0 Å². The highest BCUT2D eigenvalue weighted by molar-refractivity contribution is 14.0. The van der Waals surface area contributed by atoms with Crippen LogP contribution >= 0.6 is 24.0 Å². The van der Waals surface area contributed by atoms with Crippen LogP contribution < -0.4 is 10.6 Å². The molecule has 2 fully saturated rings. The van der Waals surface area contributed by atoms with Crippen molar-refractivity contribution in [1.82, 2.24) is 15.5 Å². The van der Waals surface area contributed by atoms with Crippen molar-refractivity contribution in [3.05, 3.63) is 48.0 Å². The number of aliphatic imine (C=N–C) groups is 1. The molecule has 2 N–H and O–H groups in total. The van der Waals surface area contributed by atoms with E-state index in [4.69, 9.17) is 0 Å². The number of halogens is 1. The van der Waals surface area contributed by atoms with Crippen LogP contribution in [-0.2, 0) is 16.0 Å². The smallest absolute Gasteiger partial charge is 0.233 e. The van der Waals surface area contributed by atoms with Gasteiger partial charge in [0.05, 0.1) is 11.8 Å². The van der Waals surface area contributed by atoms with E-state index in [1.54, 1.807) is 0 Å². The van der Waals surface area contributed by atoms with Gasteiger partial charge in [-0.15, -0.1) is 24.0 Å². The molecule has 1 aromatic rings. The highest BCUT2D eigenvalue weighted by atomic mass is 127. The third-order valence-corrected chi connectivity index (χ3v) is 6.05. The lowest BCUT2D eigenvalue weighted by Gasteiger charge is -2.18. The molecule has 1 saturated heterocycles. The predicted octanol–water partition coefficient (Wildman–Crippen LogP) is 2.21. The Labute approximate surface area is 189 Å². The molecule has 2 bridgehead atoms. The van der Waals surface area contributed by atoms with Gasteiger partial charge in [0.2, 0.25) is 11.8 Å². The Morgan fingerprint density at radius 1 is 1.07 bits per heavy atom. The summed E-state index contributed by atoms with van der Waals surface area (Å²) >= 11 is 0. The standard InChI is InChI=1S/C22H28N4O2.HI/c1-2-23-22(24-11-10-15-6-4-3-5-7-15)25-12-13-26-20(27)18-16-8-9-17(14-16)19(18)21(26)28;/h3-9,16-19H,2,10-14H2,1H3,(H2,23,24,25);1H. The summed E-state index contributed by atoms with van der Waals surface area (Å²) in [6, 6.07) is 10.3. The molecule has 1 saturated carbocycles. The maximum Gasteiger partial charge on any atom is 0.233 e. The number of nitrogens with one attached hydrogen (secondary N) is 2. The van der Waals surface area contributed by atoms with Gasteiger partial charge in [-0.05, 0) is 37.2 Å². The van der Waals surface area contributed by atoms with Crippen LogP contribution in [0.1, 0.15) is 18.9 Å². The Morgan fingerprint density at radius 2 is 1.72 bits per heavy atom. The Kier molecular flexibility index (Phi) is 7.32. The quantitative estimate of drug-likeness (QED) is 0.195. The van der Waals surface area contributed by atoms with E-state index < -0.39 is 0 Å². The van der Waals surface area contributed by atoms with Crippen LogP contribution in [0.5, 0.6) is 0 Å². The number of allylic oxidation sites excluding steroid dienone is 2. The largest absolute Gasteiger partial charge is 0.357 e. The second kappa shape index (κ2) is 9.73. The number of carbonyl (C=O) groups excluding carboxylic acids is 2. The third kappa shape index (κ3) is 4.49. The van der Waals surface area contributed by atoms with Crippen molar-refractivity contribution in [2.75, 3.05) is 26.2 Å². The van der Waals surface area contributed by atoms with Crippen LogP contribution in [0.3, 0.4) is 0 Å². The zero-order chi connectivity index (χ0) is 19.5. The SMILES string of the molecule is CCNC(=NCCc1ccccc1)NCCN1C(=O)C2C3C=CC(C3)C2C1=O.I. The molecule has 4 rings (SSSR count). The van der Waals surface area contributed by atoms with E-state index in [1.165, 1.54) is 10.5 Å². The van der Waals surface area contributed by atoms with Gasteiger partial charge in [-0.25, -0.2) is 0 Å². The normalized spacial score (nSPS) is 27.2. The first-order valence-electron chi connectivity index (χ1n) is 10.3. The summed E-state index contributed by atoms with van der Waals surface area (Å²) in [6.07, 6.45) is 6.10. The molecule has 0 aromatic heterocycles. The number of amides is 2. The van der Waals surface area contributed by atoms with E-state index in [0.29, 0.717) is 19.6 Å². The fourth-order valence-electron chi connectivity index (χ4n) is 4.75. The van der Waals surface area contributed by atoms with Gasteiger partial charge in [-0.2, -0.15) is 0 Å². The maximum atomic E-state index is 12.7. The van der Waals surface area contributed by atoms with Crippen molar-refractivity contribution < 1.29 is 9.59 Å². The van der Waals surface area contributed by atoms with Crippen LogP contribution in [0.2, 0.25) is 0 Å². The molecule has 0 radical (unpaired) electrons. The summed E-state index contributed by atoms with van der Waals surface area (Å²) in [5.41, 5.74) is 1.25. The Hall–Kier alpha value is -1.90. The van der Waals surface area contributed by atoms with E-state index in [2.05, 4.69) is 39.9 Å². The monoisotopic (exact) mass is 508 g/mol. The molecule has 1 heterocycles. The first kappa shape index (κ1) is 21.8. The van der Waals surface area contributed by atoms with Crippen LogP contribution in [0, 0.1) is 23.7 Å². The Morgan fingerprint density at radius 3 is 2.34 bits per heavy atom. The van der Waals surface area contributed by atoms with Gasteiger partial charge in [0.15, 0.2) is 5.96 Å². The highest BCUT2D eigenvalue weighted by Crippen LogP contribution is 2.52. The van der Waals surface area contributed by atoms with Gasteiger partial charge in [0.25, 0.3) is 0 Å². The van der Waals surface area contributed by atoms with Crippen LogP contribution in [0.25, 0.3) is 0 Å². The van der Waals surface area contributed by atoms with Crippen LogP contribution in [-0.4, -0.2) is 48.9 Å². The van der Waals surface area contributed by atoms with Crippen molar-refractivity contribution in [3.63, 3.8) is 0 Å². The number of nitrogens with zero attached hydrogens (tertiary/aromatic N) is 2. The van der Waals surface area contributed by atoms with Crippen molar-refractivity contribution in [2.24, 2.45) is 28.7 Å². The van der Waals surface area contributed by atoms with E-state index in [1.807, 2.05) is 25.1 Å². The average molecular weight is 508 g/mol. The Balaban J connectivity index is 0.00000240. The lowest BCUT2D eigenvalue weighted by Crippen LogP contribution is -2.43. The van der Waals surface area contributed by atoms with Gasteiger partial charge in [-0.3, -0.25) is 19.5 Å². The van der Waals surface area contributed by atoms with Gasteiger partial charge in [0, 0.05) is 26.2 Å². The zero-order valence-electron chi connectivity index (χ0n) is 16.7. The topological polar surface area (TPSA) is 73.8 Å². The summed E-state index contributed by atoms with van der Waals surface area (Å²) in [7, 11) is 0. The molecule has 1 aromatic carbocycles. The summed E-state index contributed by atoms with van der Waals surface area (Å²) < 4.78 is 0. The maximum absolute atomic E-state index is 12.7. The number of carbonyl (C=O) groups is 2. The third-order valence-electron chi connectivity index (χ3n) is 6.05. The molecule has 2 amide bonds. The number of benzene rings is 1. The fourth-order valence-corrected chi connectivity index (χ4v) is 4.75. The van der Waals surface area contributed by atoms with Gasteiger partial charge < -0.3 is 10.6 Å². The van der Waals surface area contributed by atoms with E-state index in [-0.39, 0.29) is 59.5 Å². The minimum absolute atomic E-state index is 0. The first-order valence-corrected chi connectivity index (χ1v) is 10.3. The first-order chi connectivity index (χ1) is 13.7. The summed E-state index contributed by atoms with van der Waals surface area (Å²) in [6.45, 7) is 4.37. The number of guanidine groups is 1. The molecule has 2 aliphatic carbocycles.